The smallest absolute Gasteiger partial charge is 0.219 e. The van der Waals surface area contributed by atoms with E-state index in [1.807, 2.05) is 0 Å². The maximum absolute atomic E-state index is 12.4. The zero-order chi connectivity index (χ0) is 14.7. The van der Waals surface area contributed by atoms with E-state index >= 15 is 0 Å². The van der Waals surface area contributed by atoms with Crippen LogP contribution in [-0.2, 0) is 10.0 Å². The van der Waals surface area contributed by atoms with Gasteiger partial charge in [0.15, 0.2) is 0 Å². The monoisotopic (exact) mass is 290 g/mol. The van der Waals surface area contributed by atoms with Crippen LogP contribution in [0.4, 0.5) is 0 Å². The Kier molecular flexibility index (Phi) is 5.83. The van der Waals surface area contributed by atoms with E-state index < -0.39 is 14.8 Å². The number of nitrogens with one attached hydrogen (secondary N) is 1. The number of piperidine rings is 1. The van der Waals surface area contributed by atoms with Crippen LogP contribution in [0, 0.1) is 11.8 Å². The minimum atomic E-state index is -3.17. The van der Waals surface area contributed by atoms with Crippen LogP contribution < -0.4 is 5.32 Å². The number of sulfonamides is 1. The molecule has 0 radical (unpaired) electrons. The van der Waals surface area contributed by atoms with Gasteiger partial charge in [0.1, 0.15) is 0 Å². The summed E-state index contributed by atoms with van der Waals surface area (Å²) in [7, 11) is -3.17. The minimum absolute atomic E-state index is 0.449. The molecule has 1 aliphatic heterocycles. The molecule has 5 heteroatoms. The lowest BCUT2D eigenvalue weighted by molar-refractivity contribution is 0.254. The SMILES string of the molecule is CC(C)CNCC1CCCN(S(=O)(=O)C(C)(C)C)C1. The Hall–Kier alpha value is -0.130. The Morgan fingerprint density at radius 3 is 2.47 bits per heavy atom. The maximum atomic E-state index is 12.4. The first-order valence-electron chi connectivity index (χ1n) is 7.35. The molecular formula is C14H30N2O2S. The van der Waals surface area contributed by atoms with Gasteiger partial charge in [-0.3, -0.25) is 0 Å². The van der Waals surface area contributed by atoms with Crippen LogP contribution in [-0.4, -0.2) is 43.6 Å². The molecule has 0 saturated carbocycles. The van der Waals surface area contributed by atoms with Crippen LogP contribution >= 0.6 is 0 Å². The normalized spacial score (nSPS) is 22.9. The first-order chi connectivity index (χ1) is 8.64. The summed E-state index contributed by atoms with van der Waals surface area (Å²) in [6.45, 7) is 13.0. The third kappa shape index (κ3) is 4.72. The van der Waals surface area contributed by atoms with Crippen molar-refractivity contribution in [3.8, 4) is 0 Å². The molecule has 1 fully saturated rings. The van der Waals surface area contributed by atoms with E-state index in [2.05, 4.69) is 19.2 Å². The van der Waals surface area contributed by atoms with E-state index in [1.165, 1.54) is 0 Å². The Bertz CT molecular complexity index is 371. The van der Waals surface area contributed by atoms with Gasteiger partial charge in [-0.05, 0) is 58.5 Å². The molecule has 4 nitrogen and oxygen atoms in total. The second-order valence-electron chi connectivity index (χ2n) is 7.04. The molecule has 0 bridgehead atoms. The zero-order valence-electron chi connectivity index (χ0n) is 13.1. The van der Waals surface area contributed by atoms with Crippen molar-refractivity contribution in [3.63, 3.8) is 0 Å². The summed E-state index contributed by atoms with van der Waals surface area (Å²) in [6.07, 6.45) is 2.10. The second-order valence-corrected chi connectivity index (χ2v) is 9.73. The van der Waals surface area contributed by atoms with E-state index in [9.17, 15) is 8.42 Å². The largest absolute Gasteiger partial charge is 0.316 e. The standard InChI is InChI=1S/C14H30N2O2S/c1-12(2)9-15-10-13-7-6-8-16(11-13)19(17,18)14(3,4)5/h12-13,15H,6-11H2,1-5H3. The van der Waals surface area contributed by atoms with E-state index in [0.717, 1.165) is 25.9 Å². The molecule has 0 aliphatic carbocycles. The van der Waals surface area contributed by atoms with Crippen LogP contribution in [0.1, 0.15) is 47.5 Å². The fraction of sp³-hybridized carbons (Fsp3) is 1.00. The van der Waals surface area contributed by atoms with Crippen molar-refractivity contribution < 1.29 is 8.42 Å². The van der Waals surface area contributed by atoms with Gasteiger partial charge in [-0.2, -0.15) is 0 Å². The van der Waals surface area contributed by atoms with Gasteiger partial charge in [-0.15, -0.1) is 0 Å². The van der Waals surface area contributed by atoms with Gasteiger partial charge in [0.25, 0.3) is 0 Å². The second kappa shape index (κ2) is 6.55. The summed E-state index contributed by atoms with van der Waals surface area (Å²) < 4.78 is 25.9. The molecular weight excluding hydrogens is 260 g/mol. The number of rotatable bonds is 5. The average Bonchev–Trinajstić information content (AvgIpc) is 2.27. The summed E-state index contributed by atoms with van der Waals surface area (Å²) >= 11 is 0. The van der Waals surface area contributed by atoms with Gasteiger partial charge >= 0.3 is 0 Å². The van der Waals surface area contributed by atoms with Gasteiger partial charge in [0.05, 0.1) is 4.75 Å². The first kappa shape index (κ1) is 16.9. The molecule has 1 aliphatic rings. The van der Waals surface area contributed by atoms with Crippen LogP contribution in [0.3, 0.4) is 0 Å². The van der Waals surface area contributed by atoms with Crippen LogP contribution in [0.15, 0.2) is 0 Å². The highest BCUT2D eigenvalue weighted by Gasteiger charge is 2.37. The van der Waals surface area contributed by atoms with Gasteiger partial charge in [0, 0.05) is 13.1 Å². The number of hydrogen-bond donors (Lipinski definition) is 1. The van der Waals surface area contributed by atoms with Crippen molar-refractivity contribution in [2.24, 2.45) is 11.8 Å². The molecule has 0 spiro atoms. The predicted octanol–water partition coefficient (Wildman–Crippen LogP) is 2.07. The van der Waals surface area contributed by atoms with Crippen molar-refractivity contribution in [1.82, 2.24) is 9.62 Å². The molecule has 1 unspecified atom stereocenters. The summed E-state index contributed by atoms with van der Waals surface area (Å²) in [5, 5.41) is 3.44. The highest BCUT2D eigenvalue weighted by Crippen LogP contribution is 2.25. The molecule has 0 aromatic carbocycles. The topological polar surface area (TPSA) is 49.4 Å². The van der Waals surface area contributed by atoms with Crippen molar-refractivity contribution in [1.29, 1.82) is 0 Å². The molecule has 1 rings (SSSR count). The van der Waals surface area contributed by atoms with Crippen molar-refractivity contribution >= 4 is 10.0 Å². The molecule has 1 N–H and O–H groups in total. The average molecular weight is 290 g/mol. The third-order valence-electron chi connectivity index (χ3n) is 3.58. The van der Waals surface area contributed by atoms with E-state index in [0.29, 0.717) is 24.9 Å². The highest BCUT2D eigenvalue weighted by molar-refractivity contribution is 7.90. The third-order valence-corrected chi connectivity index (χ3v) is 6.14. The molecule has 1 atom stereocenters. The lowest BCUT2D eigenvalue weighted by Crippen LogP contribution is -2.49. The van der Waals surface area contributed by atoms with Gasteiger partial charge in [-0.1, -0.05) is 13.8 Å². The Balaban J connectivity index is 2.55. The van der Waals surface area contributed by atoms with E-state index in [1.54, 1.807) is 25.1 Å². The van der Waals surface area contributed by atoms with E-state index in [4.69, 9.17) is 0 Å². The fourth-order valence-corrected chi connectivity index (χ4v) is 3.93. The molecule has 0 aromatic heterocycles. The molecule has 114 valence electrons. The van der Waals surface area contributed by atoms with Gasteiger partial charge < -0.3 is 5.32 Å². The minimum Gasteiger partial charge on any atom is -0.316 e. The van der Waals surface area contributed by atoms with Crippen LogP contribution in [0.25, 0.3) is 0 Å². The van der Waals surface area contributed by atoms with Crippen LogP contribution in [0.2, 0.25) is 0 Å². The fourth-order valence-electron chi connectivity index (χ4n) is 2.38. The summed E-state index contributed by atoms with van der Waals surface area (Å²) in [5.74, 6) is 1.09. The Morgan fingerprint density at radius 2 is 1.95 bits per heavy atom. The molecule has 1 saturated heterocycles. The summed E-state index contributed by atoms with van der Waals surface area (Å²) in [4.78, 5) is 0. The summed E-state index contributed by atoms with van der Waals surface area (Å²) in [5.41, 5.74) is 0. The first-order valence-corrected chi connectivity index (χ1v) is 8.79. The lowest BCUT2D eigenvalue weighted by Gasteiger charge is -2.36. The van der Waals surface area contributed by atoms with E-state index in [-0.39, 0.29) is 0 Å². The number of hydrogen-bond acceptors (Lipinski definition) is 3. The van der Waals surface area contributed by atoms with Gasteiger partial charge in [-0.25, -0.2) is 12.7 Å². The zero-order valence-corrected chi connectivity index (χ0v) is 13.9. The van der Waals surface area contributed by atoms with Crippen molar-refractivity contribution in [2.75, 3.05) is 26.2 Å². The Labute approximate surface area is 119 Å². The maximum Gasteiger partial charge on any atom is 0.219 e. The Morgan fingerprint density at radius 1 is 1.32 bits per heavy atom. The molecule has 0 aromatic rings. The molecule has 19 heavy (non-hydrogen) atoms. The van der Waals surface area contributed by atoms with Gasteiger partial charge in [0.2, 0.25) is 10.0 Å². The lowest BCUT2D eigenvalue weighted by atomic mass is 9.99. The van der Waals surface area contributed by atoms with Crippen molar-refractivity contribution in [2.45, 2.75) is 52.2 Å². The van der Waals surface area contributed by atoms with Crippen molar-refractivity contribution in [3.05, 3.63) is 0 Å². The highest BCUT2D eigenvalue weighted by atomic mass is 32.2. The number of nitrogens with zero attached hydrogens (tertiary/aromatic N) is 1. The molecule has 1 heterocycles. The molecule has 0 amide bonds. The summed E-state index contributed by atoms with van der Waals surface area (Å²) in [6, 6.07) is 0. The predicted molar refractivity (Wildman–Crippen MR) is 80.7 cm³/mol. The quantitative estimate of drug-likeness (QED) is 0.843. The van der Waals surface area contributed by atoms with Crippen LogP contribution in [0.5, 0.6) is 0 Å².